The van der Waals surface area contributed by atoms with Gasteiger partial charge in [-0.1, -0.05) is 19.1 Å². The Balaban J connectivity index is 2.11. The van der Waals surface area contributed by atoms with Crippen molar-refractivity contribution in [2.45, 2.75) is 30.4 Å². The highest BCUT2D eigenvalue weighted by molar-refractivity contribution is 7.99. The van der Waals surface area contributed by atoms with Crippen LogP contribution in [0.4, 0.5) is 0 Å². The summed E-state index contributed by atoms with van der Waals surface area (Å²) < 4.78 is 5.48. The van der Waals surface area contributed by atoms with E-state index in [0.717, 1.165) is 11.3 Å². The van der Waals surface area contributed by atoms with Gasteiger partial charge in [0.05, 0.1) is 5.25 Å². The first-order valence-electron chi connectivity index (χ1n) is 5.47. The number of aromatic hydroxyl groups is 1. The lowest BCUT2D eigenvalue weighted by Crippen LogP contribution is -1.88. The van der Waals surface area contributed by atoms with Crippen molar-refractivity contribution in [1.82, 2.24) is 10.2 Å². The third-order valence-corrected chi connectivity index (χ3v) is 3.46. The van der Waals surface area contributed by atoms with Crippen molar-refractivity contribution in [3.05, 3.63) is 36.0 Å². The molecule has 0 saturated heterocycles. The molecule has 5 heteroatoms. The second kappa shape index (κ2) is 5.23. The van der Waals surface area contributed by atoms with Gasteiger partial charge >= 0.3 is 0 Å². The van der Waals surface area contributed by atoms with Gasteiger partial charge in [0, 0.05) is 11.3 Å². The molecule has 2 aromatic rings. The highest BCUT2D eigenvalue weighted by Gasteiger charge is 2.16. The van der Waals surface area contributed by atoms with Gasteiger partial charge in [0.25, 0.3) is 0 Å². The van der Waals surface area contributed by atoms with Crippen LogP contribution in [0.5, 0.6) is 5.75 Å². The van der Waals surface area contributed by atoms with Gasteiger partial charge in [0.2, 0.25) is 11.8 Å². The Morgan fingerprint density at radius 2 is 2.12 bits per heavy atom. The molecule has 0 fully saturated rings. The number of phenols is 1. The Hall–Kier alpha value is -1.49. The van der Waals surface area contributed by atoms with E-state index in [9.17, 15) is 5.11 Å². The molecular formula is C12H14N2O2S. The van der Waals surface area contributed by atoms with Crippen LogP contribution in [0.1, 0.15) is 30.9 Å². The Labute approximate surface area is 104 Å². The summed E-state index contributed by atoms with van der Waals surface area (Å²) in [6, 6.07) is 7.22. The summed E-state index contributed by atoms with van der Waals surface area (Å²) in [5.74, 6) is 1.51. The average molecular weight is 250 g/mol. The molecule has 0 bridgehead atoms. The molecule has 1 aromatic heterocycles. The number of benzene rings is 1. The van der Waals surface area contributed by atoms with Crippen LogP contribution in [0.3, 0.4) is 0 Å². The van der Waals surface area contributed by atoms with E-state index in [2.05, 4.69) is 10.2 Å². The number of para-hydroxylation sites is 1. The van der Waals surface area contributed by atoms with Crippen LogP contribution in [-0.2, 0) is 6.42 Å². The van der Waals surface area contributed by atoms with Gasteiger partial charge in [-0.2, -0.15) is 0 Å². The van der Waals surface area contributed by atoms with Crippen LogP contribution < -0.4 is 0 Å². The zero-order valence-electron chi connectivity index (χ0n) is 9.75. The molecule has 4 nitrogen and oxygen atoms in total. The highest BCUT2D eigenvalue weighted by Crippen LogP contribution is 2.38. The molecule has 0 radical (unpaired) electrons. The lowest BCUT2D eigenvalue weighted by atomic mass is 10.3. The number of aromatic nitrogens is 2. The van der Waals surface area contributed by atoms with Crippen molar-refractivity contribution in [2.75, 3.05) is 0 Å². The Kier molecular flexibility index (Phi) is 3.68. The highest BCUT2D eigenvalue weighted by atomic mass is 32.2. The van der Waals surface area contributed by atoms with Crippen molar-refractivity contribution in [3.8, 4) is 5.75 Å². The fraction of sp³-hybridized carbons (Fsp3) is 0.333. The summed E-state index contributed by atoms with van der Waals surface area (Å²) in [7, 11) is 0. The van der Waals surface area contributed by atoms with Gasteiger partial charge in [0.1, 0.15) is 5.75 Å². The van der Waals surface area contributed by atoms with Crippen molar-refractivity contribution >= 4 is 11.8 Å². The van der Waals surface area contributed by atoms with E-state index in [1.807, 2.05) is 26.0 Å². The number of aryl methyl sites for hydroxylation is 1. The molecule has 1 aromatic carbocycles. The summed E-state index contributed by atoms with van der Waals surface area (Å²) in [6.07, 6.45) is 0.737. The molecule has 1 heterocycles. The second-order valence-corrected chi connectivity index (χ2v) is 5.00. The van der Waals surface area contributed by atoms with E-state index in [-0.39, 0.29) is 11.0 Å². The van der Waals surface area contributed by atoms with E-state index in [1.165, 1.54) is 11.8 Å². The number of hydrogen-bond donors (Lipinski definition) is 1. The molecule has 0 saturated carbocycles. The molecule has 1 atom stereocenters. The lowest BCUT2D eigenvalue weighted by molar-refractivity contribution is 0.454. The van der Waals surface area contributed by atoms with Crippen LogP contribution in [0.2, 0.25) is 0 Å². The Bertz CT molecular complexity index is 499. The minimum atomic E-state index is 0.0242. The third-order valence-electron chi connectivity index (χ3n) is 2.30. The molecule has 1 N–H and O–H groups in total. The largest absolute Gasteiger partial charge is 0.507 e. The monoisotopic (exact) mass is 250 g/mol. The van der Waals surface area contributed by atoms with Crippen molar-refractivity contribution in [2.24, 2.45) is 0 Å². The van der Waals surface area contributed by atoms with Crippen LogP contribution >= 0.6 is 11.8 Å². The van der Waals surface area contributed by atoms with E-state index in [4.69, 9.17) is 4.42 Å². The minimum Gasteiger partial charge on any atom is -0.507 e. The van der Waals surface area contributed by atoms with E-state index >= 15 is 0 Å². The van der Waals surface area contributed by atoms with E-state index in [0.29, 0.717) is 11.8 Å². The smallest absolute Gasteiger partial charge is 0.229 e. The first-order valence-corrected chi connectivity index (χ1v) is 6.35. The van der Waals surface area contributed by atoms with E-state index in [1.54, 1.807) is 12.1 Å². The zero-order chi connectivity index (χ0) is 12.3. The maximum Gasteiger partial charge on any atom is 0.229 e. The maximum absolute atomic E-state index is 9.67. The topological polar surface area (TPSA) is 59.2 Å². The molecule has 0 amide bonds. The molecule has 17 heavy (non-hydrogen) atoms. The first kappa shape index (κ1) is 12.0. The standard InChI is InChI=1S/C12H14N2O2S/c1-3-11-13-14-12(16-11)8(2)17-10-7-5-4-6-9(10)15/h4-8,15H,3H2,1-2H3. The predicted octanol–water partition coefficient (Wildman–Crippen LogP) is 3.19. The number of nitrogens with zero attached hydrogens (tertiary/aromatic N) is 2. The van der Waals surface area contributed by atoms with Gasteiger partial charge in [-0.05, 0) is 19.1 Å². The summed E-state index contributed by atoms with van der Waals surface area (Å²) in [5, 5.41) is 17.6. The van der Waals surface area contributed by atoms with Gasteiger partial charge in [0.15, 0.2) is 0 Å². The third kappa shape index (κ3) is 2.79. The van der Waals surface area contributed by atoms with Crippen LogP contribution in [0.25, 0.3) is 0 Å². The molecule has 0 aliphatic rings. The second-order valence-electron chi connectivity index (χ2n) is 3.62. The Morgan fingerprint density at radius 1 is 1.35 bits per heavy atom. The molecule has 0 aliphatic heterocycles. The number of rotatable bonds is 4. The van der Waals surface area contributed by atoms with Crippen LogP contribution in [-0.4, -0.2) is 15.3 Å². The predicted molar refractivity (Wildman–Crippen MR) is 66.1 cm³/mol. The number of phenolic OH excluding ortho intramolecular Hbond substituents is 1. The molecule has 90 valence electrons. The molecule has 0 aliphatic carbocycles. The van der Waals surface area contributed by atoms with Crippen molar-refractivity contribution in [1.29, 1.82) is 0 Å². The molecule has 1 unspecified atom stereocenters. The van der Waals surface area contributed by atoms with E-state index < -0.39 is 0 Å². The maximum atomic E-state index is 9.67. The molecule has 0 spiro atoms. The fourth-order valence-corrected chi connectivity index (χ4v) is 2.29. The normalized spacial score (nSPS) is 12.6. The van der Waals surface area contributed by atoms with Gasteiger partial charge in [-0.15, -0.1) is 22.0 Å². The summed E-state index contributed by atoms with van der Waals surface area (Å²) >= 11 is 1.50. The molecule has 2 rings (SSSR count). The van der Waals surface area contributed by atoms with Gasteiger partial charge < -0.3 is 9.52 Å². The zero-order valence-corrected chi connectivity index (χ0v) is 10.6. The quantitative estimate of drug-likeness (QED) is 0.844. The average Bonchev–Trinajstić information content (AvgIpc) is 2.81. The number of hydrogen-bond acceptors (Lipinski definition) is 5. The fourth-order valence-electron chi connectivity index (χ4n) is 1.37. The summed E-state index contributed by atoms with van der Waals surface area (Å²) in [6.45, 7) is 3.95. The Morgan fingerprint density at radius 3 is 2.76 bits per heavy atom. The number of thioether (sulfide) groups is 1. The summed E-state index contributed by atoms with van der Waals surface area (Å²) in [4.78, 5) is 0.816. The van der Waals surface area contributed by atoms with Gasteiger partial charge in [-0.3, -0.25) is 0 Å². The van der Waals surface area contributed by atoms with Crippen LogP contribution in [0.15, 0.2) is 33.6 Å². The molecular weight excluding hydrogens is 236 g/mol. The van der Waals surface area contributed by atoms with Gasteiger partial charge in [-0.25, -0.2) is 0 Å². The first-order chi connectivity index (χ1) is 8.20. The summed E-state index contributed by atoms with van der Waals surface area (Å²) in [5.41, 5.74) is 0. The van der Waals surface area contributed by atoms with Crippen molar-refractivity contribution in [3.63, 3.8) is 0 Å². The van der Waals surface area contributed by atoms with Crippen molar-refractivity contribution < 1.29 is 9.52 Å². The van der Waals surface area contributed by atoms with Crippen LogP contribution in [0, 0.1) is 0 Å². The minimum absolute atomic E-state index is 0.0242. The SMILES string of the molecule is CCc1nnc(C(C)Sc2ccccc2O)o1. The lowest BCUT2D eigenvalue weighted by Gasteiger charge is -2.07.